The van der Waals surface area contributed by atoms with Crippen molar-refractivity contribution in [2.45, 2.75) is 13.1 Å². The van der Waals surface area contributed by atoms with Crippen molar-refractivity contribution in [2.24, 2.45) is 0 Å². The number of alkyl halides is 3. The van der Waals surface area contributed by atoms with Crippen molar-refractivity contribution < 1.29 is 22.7 Å². The van der Waals surface area contributed by atoms with Gasteiger partial charge in [0.05, 0.1) is 5.69 Å². The van der Waals surface area contributed by atoms with Gasteiger partial charge in [0.15, 0.2) is 6.61 Å². The summed E-state index contributed by atoms with van der Waals surface area (Å²) in [4.78, 5) is 16.1. The van der Waals surface area contributed by atoms with Crippen LogP contribution in [-0.4, -0.2) is 23.7 Å². The minimum atomic E-state index is -4.45. The van der Waals surface area contributed by atoms with E-state index in [1.165, 1.54) is 24.3 Å². The minimum Gasteiger partial charge on any atom is -0.482 e. The van der Waals surface area contributed by atoms with Crippen LogP contribution in [0.25, 0.3) is 0 Å². The van der Waals surface area contributed by atoms with E-state index >= 15 is 0 Å². The maximum atomic E-state index is 12.2. The number of hydrogen-bond acceptors (Lipinski definition) is 3. The summed E-state index contributed by atoms with van der Waals surface area (Å²) in [5.74, 6) is -0.576. The number of nitrogens with one attached hydrogen (secondary N) is 1. The van der Waals surface area contributed by atoms with E-state index in [2.05, 4.69) is 10.3 Å². The fourth-order valence-electron chi connectivity index (χ4n) is 1.71. The topological polar surface area (TPSA) is 51.2 Å². The van der Waals surface area contributed by atoms with Crippen LogP contribution in [0.15, 0.2) is 42.5 Å². The van der Waals surface area contributed by atoms with Crippen LogP contribution in [0.4, 0.5) is 18.9 Å². The summed E-state index contributed by atoms with van der Waals surface area (Å²) < 4.78 is 41.4. The number of amides is 1. The number of rotatable bonds is 4. The molecular formula is C15H13F3N2O2. The first-order valence-electron chi connectivity index (χ1n) is 6.39. The van der Waals surface area contributed by atoms with Crippen LogP contribution in [0.5, 0.6) is 5.75 Å². The van der Waals surface area contributed by atoms with E-state index in [1.54, 1.807) is 25.1 Å². The minimum absolute atomic E-state index is 0.0548. The Morgan fingerprint density at radius 1 is 1.18 bits per heavy atom. The molecule has 22 heavy (non-hydrogen) atoms. The third-order valence-electron chi connectivity index (χ3n) is 2.65. The molecule has 4 nitrogen and oxygen atoms in total. The largest absolute Gasteiger partial charge is 0.482 e. The molecule has 2 rings (SSSR count). The van der Waals surface area contributed by atoms with Crippen LogP contribution >= 0.6 is 0 Å². The zero-order chi connectivity index (χ0) is 16.2. The third kappa shape index (κ3) is 4.47. The number of anilines is 1. The summed E-state index contributed by atoms with van der Waals surface area (Å²) in [6, 6.07) is 10.8. The Kier molecular flexibility index (Phi) is 4.65. The molecule has 1 aromatic carbocycles. The van der Waals surface area contributed by atoms with Gasteiger partial charge in [-0.1, -0.05) is 18.2 Å². The van der Waals surface area contributed by atoms with Crippen LogP contribution in [0.2, 0.25) is 0 Å². The lowest BCUT2D eigenvalue weighted by Crippen LogP contribution is -2.20. The Balaban J connectivity index is 2.14. The summed E-state index contributed by atoms with van der Waals surface area (Å²) in [5.41, 5.74) is 0.986. The number of pyridine rings is 1. The van der Waals surface area contributed by atoms with E-state index in [-0.39, 0.29) is 17.1 Å². The molecule has 0 aliphatic carbocycles. The summed E-state index contributed by atoms with van der Waals surface area (Å²) in [6.07, 6.45) is -4.45. The highest BCUT2D eigenvalue weighted by atomic mass is 19.4. The molecule has 0 bridgehead atoms. The van der Waals surface area contributed by atoms with E-state index in [9.17, 15) is 18.0 Å². The van der Waals surface area contributed by atoms with Crippen molar-refractivity contribution in [2.75, 3.05) is 11.9 Å². The molecule has 7 heteroatoms. The van der Waals surface area contributed by atoms with Gasteiger partial charge in [-0.05, 0) is 31.2 Å². The quantitative estimate of drug-likeness (QED) is 0.939. The number of nitrogens with zero attached hydrogens (tertiary/aromatic N) is 1. The Morgan fingerprint density at radius 3 is 2.59 bits per heavy atom. The van der Waals surface area contributed by atoms with Crippen molar-refractivity contribution in [3.8, 4) is 5.75 Å². The molecule has 0 radical (unpaired) electrons. The lowest BCUT2D eigenvalue weighted by atomic mass is 10.2. The Bertz CT molecular complexity index is 672. The highest BCUT2D eigenvalue weighted by Gasteiger charge is 2.28. The van der Waals surface area contributed by atoms with Crippen LogP contribution in [-0.2, 0) is 0 Å². The molecule has 116 valence electrons. The first-order chi connectivity index (χ1) is 10.3. The highest BCUT2D eigenvalue weighted by Crippen LogP contribution is 2.26. The number of aryl methyl sites for hydroxylation is 1. The first kappa shape index (κ1) is 15.8. The summed E-state index contributed by atoms with van der Waals surface area (Å²) in [7, 11) is 0. The van der Waals surface area contributed by atoms with Gasteiger partial charge in [0.1, 0.15) is 11.4 Å². The number of aromatic nitrogens is 1. The van der Waals surface area contributed by atoms with Crippen LogP contribution < -0.4 is 10.1 Å². The van der Waals surface area contributed by atoms with E-state index in [1.807, 2.05) is 0 Å². The fourth-order valence-corrected chi connectivity index (χ4v) is 1.71. The molecule has 0 saturated heterocycles. The van der Waals surface area contributed by atoms with Crippen molar-refractivity contribution >= 4 is 11.6 Å². The Morgan fingerprint density at radius 2 is 1.91 bits per heavy atom. The Hall–Kier alpha value is -2.57. The van der Waals surface area contributed by atoms with Crippen molar-refractivity contribution in [1.29, 1.82) is 0 Å². The van der Waals surface area contributed by atoms with Crippen LogP contribution in [0, 0.1) is 6.92 Å². The summed E-state index contributed by atoms with van der Waals surface area (Å²) >= 11 is 0. The number of ether oxygens (including phenoxy) is 1. The van der Waals surface area contributed by atoms with Gasteiger partial charge in [-0.3, -0.25) is 4.79 Å². The Labute approximate surface area is 124 Å². The van der Waals surface area contributed by atoms with Crippen LogP contribution in [0.1, 0.15) is 16.2 Å². The lowest BCUT2D eigenvalue weighted by molar-refractivity contribution is -0.153. The number of para-hydroxylation sites is 2. The van der Waals surface area contributed by atoms with Crippen molar-refractivity contribution in [3.05, 3.63) is 53.9 Å². The van der Waals surface area contributed by atoms with Gasteiger partial charge in [-0.2, -0.15) is 13.2 Å². The molecule has 0 aliphatic heterocycles. The third-order valence-corrected chi connectivity index (χ3v) is 2.65. The molecule has 0 fully saturated rings. The second-order valence-corrected chi connectivity index (χ2v) is 4.52. The number of benzene rings is 1. The highest BCUT2D eigenvalue weighted by molar-refractivity contribution is 6.03. The SMILES string of the molecule is Cc1cccc(C(=O)Nc2ccccc2OCC(F)(F)F)n1. The smallest absolute Gasteiger partial charge is 0.422 e. The molecule has 1 aromatic heterocycles. The van der Waals surface area contributed by atoms with E-state index in [4.69, 9.17) is 4.74 Å². The average Bonchev–Trinajstić information content (AvgIpc) is 2.45. The zero-order valence-corrected chi connectivity index (χ0v) is 11.6. The monoisotopic (exact) mass is 310 g/mol. The number of carbonyl (C=O) groups excluding carboxylic acids is 1. The summed E-state index contributed by atoms with van der Waals surface area (Å²) in [5, 5.41) is 2.50. The van der Waals surface area contributed by atoms with E-state index < -0.39 is 18.7 Å². The maximum Gasteiger partial charge on any atom is 0.422 e. The fraction of sp³-hybridized carbons (Fsp3) is 0.200. The normalized spacial score (nSPS) is 11.1. The number of hydrogen-bond donors (Lipinski definition) is 1. The second-order valence-electron chi connectivity index (χ2n) is 4.52. The van der Waals surface area contributed by atoms with Gasteiger partial charge < -0.3 is 10.1 Å². The molecular weight excluding hydrogens is 297 g/mol. The molecule has 0 aliphatic rings. The molecule has 0 saturated carbocycles. The molecule has 0 spiro atoms. The van der Waals surface area contributed by atoms with Gasteiger partial charge in [-0.15, -0.1) is 0 Å². The summed E-state index contributed by atoms with van der Waals surface area (Å²) in [6.45, 7) is 0.305. The lowest BCUT2D eigenvalue weighted by Gasteiger charge is -2.13. The zero-order valence-electron chi connectivity index (χ0n) is 11.6. The van der Waals surface area contributed by atoms with Gasteiger partial charge in [0.2, 0.25) is 0 Å². The van der Waals surface area contributed by atoms with Gasteiger partial charge in [0, 0.05) is 5.69 Å². The van der Waals surface area contributed by atoms with Gasteiger partial charge in [0.25, 0.3) is 5.91 Å². The molecule has 1 amide bonds. The second kappa shape index (κ2) is 6.46. The molecule has 0 unspecified atom stereocenters. The number of halogens is 3. The predicted octanol–water partition coefficient (Wildman–Crippen LogP) is 3.58. The molecule has 2 aromatic rings. The molecule has 1 N–H and O–H groups in total. The first-order valence-corrected chi connectivity index (χ1v) is 6.39. The predicted molar refractivity (Wildman–Crippen MR) is 74.9 cm³/mol. The van der Waals surface area contributed by atoms with Gasteiger partial charge in [-0.25, -0.2) is 4.98 Å². The van der Waals surface area contributed by atoms with Crippen molar-refractivity contribution in [3.63, 3.8) is 0 Å². The number of carbonyl (C=O) groups is 1. The average molecular weight is 310 g/mol. The maximum absolute atomic E-state index is 12.2. The van der Waals surface area contributed by atoms with Crippen molar-refractivity contribution in [1.82, 2.24) is 4.98 Å². The standard InChI is InChI=1S/C15H13F3N2O2/c1-10-5-4-7-12(19-10)14(21)20-11-6-2-3-8-13(11)22-9-15(16,17)18/h2-8H,9H2,1H3,(H,20,21). The molecule has 1 heterocycles. The van der Waals surface area contributed by atoms with E-state index in [0.717, 1.165) is 0 Å². The van der Waals surface area contributed by atoms with Gasteiger partial charge >= 0.3 is 6.18 Å². The molecule has 0 atom stereocenters. The van der Waals surface area contributed by atoms with E-state index in [0.29, 0.717) is 5.69 Å². The van der Waals surface area contributed by atoms with Crippen LogP contribution in [0.3, 0.4) is 0 Å².